The Balaban J connectivity index is 0. The van der Waals surface area contributed by atoms with Gasteiger partial charge < -0.3 is 26.6 Å². The number of hydrogen-bond acceptors (Lipinski definition) is 6. The molecule has 0 aromatic rings. The number of nitrogens with one attached hydrogen (secondary N) is 2. The highest BCUT2D eigenvalue weighted by atomic mass is 19.4. The molecule has 214 valence electrons. The monoisotopic (exact) mass is 538 g/mol. The number of rotatable bonds is 12. The molecule has 6 N–H and O–H groups in total. The number of alkyl halides is 6. The van der Waals surface area contributed by atoms with Crippen LogP contribution in [0.2, 0.25) is 0 Å². The van der Waals surface area contributed by atoms with Gasteiger partial charge in [-0.1, -0.05) is 65.2 Å². The fourth-order valence-corrected chi connectivity index (χ4v) is 2.74. The van der Waals surface area contributed by atoms with E-state index in [2.05, 4.69) is 29.5 Å². The summed E-state index contributed by atoms with van der Waals surface area (Å²) in [5.41, 5.74) is 5.79. The predicted molar refractivity (Wildman–Crippen MR) is 125 cm³/mol. The molecule has 0 atom stereocenters. The molecule has 36 heavy (non-hydrogen) atoms. The Labute approximate surface area is 208 Å². The first-order valence-corrected chi connectivity index (χ1v) is 11.9. The van der Waals surface area contributed by atoms with Crippen molar-refractivity contribution in [3.63, 3.8) is 0 Å². The molecule has 8 nitrogen and oxygen atoms in total. The van der Waals surface area contributed by atoms with E-state index in [1.165, 1.54) is 64.2 Å². The zero-order chi connectivity index (χ0) is 28.3. The molecule has 1 aliphatic heterocycles. The molecule has 0 saturated carbocycles. The lowest BCUT2D eigenvalue weighted by Gasteiger charge is -2.29. The molecule has 1 aliphatic rings. The summed E-state index contributed by atoms with van der Waals surface area (Å²) in [5.74, 6) is -4.52. The first-order valence-electron chi connectivity index (χ1n) is 11.9. The fourth-order valence-electron chi connectivity index (χ4n) is 2.74. The fraction of sp³-hybridized carbons (Fsp3) is 0.864. The van der Waals surface area contributed by atoms with E-state index in [0.717, 1.165) is 32.1 Å². The number of halogens is 6. The van der Waals surface area contributed by atoms with Gasteiger partial charge in [-0.05, 0) is 19.4 Å². The molecule has 14 heteroatoms. The minimum absolute atomic E-state index is 0.301. The SMILES string of the molecule is CC1(C)CN=C(NCCCCCCCCCCCCN)NC1.O=C(O)C(F)(F)F.O=C(O)C(F)(F)F. The topological polar surface area (TPSA) is 137 Å². The minimum Gasteiger partial charge on any atom is -0.475 e. The predicted octanol–water partition coefficient (Wildman–Crippen LogP) is 4.69. The lowest BCUT2D eigenvalue weighted by molar-refractivity contribution is -0.193. The first kappa shape index (κ1) is 35.9. The van der Waals surface area contributed by atoms with Crippen LogP contribution in [-0.4, -0.2) is 66.6 Å². The highest BCUT2D eigenvalue weighted by molar-refractivity contribution is 5.80. The van der Waals surface area contributed by atoms with Crippen LogP contribution in [0, 0.1) is 5.41 Å². The van der Waals surface area contributed by atoms with Crippen molar-refractivity contribution >= 4 is 17.9 Å². The van der Waals surface area contributed by atoms with Gasteiger partial charge in [-0.2, -0.15) is 26.3 Å². The van der Waals surface area contributed by atoms with E-state index in [0.29, 0.717) is 5.41 Å². The number of carboxylic acids is 2. The molecule has 0 aromatic carbocycles. The normalized spacial score (nSPS) is 14.8. The third kappa shape index (κ3) is 23.5. The molecule has 0 aromatic heterocycles. The third-order valence-corrected chi connectivity index (χ3v) is 4.81. The maximum atomic E-state index is 10.6. The molecule has 0 fully saturated rings. The maximum absolute atomic E-state index is 10.6. The van der Waals surface area contributed by atoms with Crippen molar-refractivity contribution in [2.45, 2.75) is 90.4 Å². The van der Waals surface area contributed by atoms with Crippen molar-refractivity contribution in [2.24, 2.45) is 16.1 Å². The zero-order valence-corrected chi connectivity index (χ0v) is 20.9. The van der Waals surface area contributed by atoms with Gasteiger partial charge in [0, 0.05) is 25.0 Å². The summed E-state index contributed by atoms with van der Waals surface area (Å²) in [6.45, 7) is 8.34. The Kier molecular flexibility index (Phi) is 18.9. The van der Waals surface area contributed by atoms with Gasteiger partial charge in [-0.25, -0.2) is 9.59 Å². The Morgan fingerprint density at radius 2 is 1.22 bits per heavy atom. The molecular weight excluding hydrogens is 498 g/mol. The molecule has 0 amide bonds. The molecule has 1 heterocycles. The standard InChI is InChI=1S/C18H38N4.2C2HF3O2/c1-18(2)15-21-17(22-16-18)20-14-12-10-8-6-4-3-5-7-9-11-13-19;2*3-2(4,5)1(6)7/h3-16,19H2,1-2H3,(H2,20,21,22);2*(H,6,7). The van der Waals surface area contributed by atoms with E-state index >= 15 is 0 Å². The minimum atomic E-state index is -5.08. The van der Waals surface area contributed by atoms with Crippen LogP contribution in [0.15, 0.2) is 4.99 Å². The number of aliphatic imine (C=N–C) groups is 1. The third-order valence-electron chi connectivity index (χ3n) is 4.81. The first-order chi connectivity index (χ1) is 16.5. The van der Waals surface area contributed by atoms with Crippen LogP contribution in [-0.2, 0) is 9.59 Å². The van der Waals surface area contributed by atoms with Crippen molar-refractivity contribution in [3.8, 4) is 0 Å². The molecule has 0 spiro atoms. The van der Waals surface area contributed by atoms with Crippen LogP contribution in [0.3, 0.4) is 0 Å². The molecular formula is C22H40F6N4O4. The molecule has 0 radical (unpaired) electrons. The number of hydrogen-bond donors (Lipinski definition) is 5. The van der Waals surface area contributed by atoms with E-state index in [4.69, 9.17) is 25.5 Å². The molecule has 0 saturated heterocycles. The molecule has 0 unspecified atom stereocenters. The number of guanidine groups is 1. The van der Waals surface area contributed by atoms with Gasteiger partial charge >= 0.3 is 24.3 Å². The average molecular weight is 539 g/mol. The van der Waals surface area contributed by atoms with Crippen molar-refractivity contribution in [3.05, 3.63) is 0 Å². The van der Waals surface area contributed by atoms with Gasteiger partial charge in [0.15, 0.2) is 5.96 Å². The second kappa shape index (κ2) is 18.9. The highest BCUT2D eigenvalue weighted by Crippen LogP contribution is 2.16. The summed E-state index contributed by atoms with van der Waals surface area (Å²) in [4.78, 5) is 22.3. The average Bonchev–Trinajstić information content (AvgIpc) is 2.75. The van der Waals surface area contributed by atoms with Gasteiger partial charge in [0.2, 0.25) is 0 Å². The maximum Gasteiger partial charge on any atom is 0.490 e. The number of aliphatic carboxylic acids is 2. The Bertz CT molecular complexity index is 617. The Hall–Kier alpha value is -2.25. The summed E-state index contributed by atoms with van der Waals surface area (Å²) < 4.78 is 63.5. The van der Waals surface area contributed by atoms with E-state index < -0.39 is 24.3 Å². The van der Waals surface area contributed by atoms with Crippen molar-refractivity contribution in [2.75, 3.05) is 26.2 Å². The smallest absolute Gasteiger partial charge is 0.475 e. The number of carboxylic acid groups (broad SMARTS) is 2. The summed E-state index contributed by atoms with van der Waals surface area (Å²) in [5, 5.41) is 21.0. The van der Waals surface area contributed by atoms with Crippen LogP contribution in [0.5, 0.6) is 0 Å². The largest absolute Gasteiger partial charge is 0.490 e. The number of carbonyl (C=O) groups is 2. The summed E-state index contributed by atoms with van der Waals surface area (Å²) in [7, 11) is 0. The van der Waals surface area contributed by atoms with Crippen LogP contribution in [0.4, 0.5) is 26.3 Å². The van der Waals surface area contributed by atoms with Crippen LogP contribution in [0.1, 0.15) is 78.1 Å². The van der Waals surface area contributed by atoms with E-state index in [1.807, 2.05) is 0 Å². The molecule has 1 rings (SSSR count). The van der Waals surface area contributed by atoms with E-state index in [9.17, 15) is 26.3 Å². The Morgan fingerprint density at radius 1 is 0.861 bits per heavy atom. The zero-order valence-electron chi connectivity index (χ0n) is 20.9. The van der Waals surface area contributed by atoms with E-state index in [-0.39, 0.29) is 0 Å². The lowest BCUT2D eigenvalue weighted by Crippen LogP contribution is -2.47. The summed E-state index contributed by atoms with van der Waals surface area (Å²) >= 11 is 0. The van der Waals surface area contributed by atoms with E-state index in [1.54, 1.807) is 0 Å². The summed E-state index contributed by atoms with van der Waals surface area (Å²) in [6, 6.07) is 0. The van der Waals surface area contributed by atoms with Gasteiger partial charge in [0.25, 0.3) is 0 Å². The second-order valence-electron chi connectivity index (χ2n) is 9.04. The van der Waals surface area contributed by atoms with Crippen molar-refractivity contribution in [1.82, 2.24) is 10.6 Å². The number of nitrogens with two attached hydrogens (primary N) is 1. The highest BCUT2D eigenvalue weighted by Gasteiger charge is 2.38. The van der Waals surface area contributed by atoms with Crippen LogP contribution < -0.4 is 16.4 Å². The summed E-state index contributed by atoms with van der Waals surface area (Å²) in [6.07, 6.45) is 3.26. The van der Waals surface area contributed by atoms with Gasteiger partial charge in [0.05, 0.1) is 0 Å². The van der Waals surface area contributed by atoms with Crippen LogP contribution in [0.25, 0.3) is 0 Å². The van der Waals surface area contributed by atoms with Crippen molar-refractivity contribution in [1.29, 1.82) is 0 Å². The van der Waals surface area contributed by atoms with Gasteiger partial charge in [0.1, 0.15) is 0 Å². The second-order valence-corrected chi connectivity index (χ2v) is 9.04. The molecule has 0 bridgehead atoms. The quantitative estimate of drug-likeness (QED) is 0.180. The van der Waals surface area contributed by atoms with Gasteiger partial charge in [-0.15, -0.1) is 0 Å². The van der Waals surface area contributed by atoms with Crippen molar-refractivity contribution < 1.29 is 46.1 Å². The lowest BCUT2D eigenvalue weighted by atomic mass is 9.93. The van der Waals surface area contributed by atoms with Crippen LogP contribution >= 0.6 is 0 Å². The Morgan fingerprint density at radius 3 is 1.53 bits per heavy atom. The number of nitrogens with zero attached hydrogens (tertiary/aromatic N) is 1. The van der Waals surface area contributed by atoms with Gasteiger partial charge in [-0.3, -0.25) is 4.99 Å². The number of unbranched alkanes of at least 4 members (excludes halogenated alkanes) is 9. The molecule has 0 aliphatic carbocycles.